The van der Waals surface area contributed by atoms with E-state index in [9.17, 15) is 26.4 Å². The molecule has 30 heavy (non-hydrogen) atoms. The third-order valence-corrected chi connectivity index (χ3v) is 6.25. The average Bonchev–Trinajstić information content (AvgIpc) is 3.48. The minimum atomic E-state index is -4.72. The molecule has 1 aliphatic heterocycles. The minimum absolute atomic E-state index is 0.0208. The second-order valence-electron chi connectivity index (χ2n) is 6.37. The van der Waals surface area contributed by atoms with Crippen LogP contribution in [0.4, 0.5) is 13.2 Å². The molecule has 13 heteroatoms. The zero-order valence-corrected chi connectivity index (χ0v) is 15.9. The summed E-state index contributed by atoms with van der Waals surface area (Å²) in [5.74, 6) is -1.69. The first kappa shape index (κ1) is 20.2. The molecule has 4 heterocycles. The SMILES string of the molecule is O=C(c1ccco1)N1CCN(S(=O)(=O)c2ccc(-c3cc(C(F)(F)F)on3)o2)CC1. The Labute approximate surface area is 167 Å². The van der Waals surface area contributed by atoms with Crippen molar-refractivity contribution in [2.45, 2.75) is 11.3 Å². The molecule has 0 bridgehead atoms. The molecule has 1 saturated heterocycles. The van der Waals surface area contributed by atoms with Gasteiger partial charge in [-0.2, -0.15) is 17.5 Å². The maximum atomic E-state index is 12.8. The van der Waals surface area contributed by atoms with Crippen LogP contribution in [-0.2, 0) is 16.2 Å². The van der Waals surface area contributed by atoms with Gasteiger partial charge >= 0.3 is 6.18 Å². The van der Waals surface area contributed by atoms with E-state index in [1.165, 1.54) is 23.3 Å². The standard InChI is InChI=1S/C17H14F3N3O6S/c18-17(19,20)14-10-11(21-29-14)12-3-4-15(28-12)30(25,26)23-7-5-22(6-8-23)16(24)13-2-1-9-27-13/h1-4,9-10H,5-8H2. The summed E-state index contributed by atoms with van der Waals surface area (Å²) in [5, 5.41) is 2.82. The largest absolute Gasteiger partial charge is 0.459 e. The Morgan fingerprint density at radius 1 is 1.10 bits per heavy atom. The van der Waals surface area contributed by atoms with E-state index in [4.69, 9.17) is 8.83 Å². The van der Waals surface area contributed by atoms with Crippen LogP contribution in [0.25, 0.3) is 11.5 Å². The lowest BCUT2D eigenvalue weighted by molar-refractivity contribution is -0.155. The van der Waals surface area contributed by atoms with Gasteiger partial charge in [0.1, 0.15) is 5.69 Å². The fourth-order valence-corrected chi connectivity index (χ4v) is 4.27. The molecule has 0 N–H and O–H groups in total. The first-order chi connectivity index (χ1) is 14.2. The van der Waals surface area contributed by atoms with Crippen LogP contribution in [0.15, 0.2) is 55.0 Å². The Bertz CT molecular complexity index is 1140. The molecule has 0 radical (unpaired) electrons. The molecular formula is C17H14F3N3O6S. The predicted octanol–water partition coefficient (Wildman–Crippen LogP) is 2.69. The maximum Gasteiger partial charge on any atom is 0.452 e. The molecule has 160 valence electrons. The first-order valence-corrected chi connectivity index (χ1v) is 10.1. The van der Waals surface area contributed by atoms with E-state index in [2.05, 4.69) is 9.68 Å². The molecule has 0 saturated carbocycles. The van der Waals surface area contributed by atoms with Crippen molar-refractivity contribution in [2.24, 2.45) is 0 Å². The topological polar surface area (TPSA) is 110 Å². The summed E-state index contributed by atoms with van der Waals surface area (Å²) in [6.45, 7) is 0.328. The third kappa shape index (κ3) is 3.73. The Morgan fingerprint density at radius 2 is 1.83 bits per heavy atom. The van der Waals surface area contributed by atoms with Gasteiger partial charge in [-0.15, -0.1) is 0 Å². The number of carbonyl (C=O) groups is 1. The lowest BCUT2D eigenvalue weighted by Gasteiger charge is -2.32. The van der Waals surface area contributed by atoms with Crippen molar-refractivity contribution >= 4 is 15.9 Å². The van der Waals surface area contributed by atoms with E-state index in [0.717, 1.165) is 10.4 Å². The van der Waals surface area contributed by atoms with Gasteiger partial charge in [0.25, 0.3) is 15.9 Å². The van der Waals surface area contributed by atoms with Crippen LogP contribution >= 0.6 is 0 Å². The number of rotatable bonds is 4. The van der Waals surface area contributed by atoms with Crippen molar-refractivity contribution in [1.29, 1.82) is 0 Å². The third-order valence-electron chi connectivity index (χ3n) is 4.48. The van der Waals surface area contributed by atoms with Crippen LogP contribution in [0.5, 0.6) is 0 Å². The van der Waals surface area contributed by atoms with Gasteiger partial charge < -0.3 is 18.3 Å². The number of nitrogens with zero attached hydrogens (tertiary/aromatic N) is 3. The lowest BCUT2D eigenvalue weighted by atomic mass is 10.3. The Balaban J connectivity index is 1.46. The molecule has 1 amide bonds. The summed E-state index contributed by atoms with van der Waals surface area (Å²) in [4.78, 5) is 13.7. The summed E-state index contributed by atoms with van der Waals surface area (Å²) in [5.41, 5.74) is -0.280. The molecule has 9 nitrogen and oxygen atoms in total. The number of carbonyl (C=O) groups excluding carboxylic acids is 1. The summed E-state index contributed by atoms with van der Waals surface area (Å²) < 4.78 is 79.1. The van der Waals surface area contributed by atoms with E-state index < -0.39 is 27.1 Å². The molecule has 1 fully saturated rings. The summed E-state index contributed by atoms with van der Waals surface area (Å²) in [6.07, 6.45) is -3.35. The second kappa shape index (κ2) is 7.32. The second-order valence-corrected chi connectivity index (χ2v) is 8.24. The van der Waals surface area contributed by atoms with Gasteiger partial charge in [-0.1, -0.05) is 5.16 Å². The fraction of sp³-hybridized carbons (Fsp3) is 0.294. The number of furan rings is 2. The van der Waals surface area contributed by atoms with E-state index in [0.29, 0.717) is 6.07 Å². The molecular weight excluding hydrogens is 431 g/mol. The van der Waals surface area contributed by atoms with E-state index in [1.54, 1.807) is 6.07 Å². The van der Waals surface area contributed by atoms with Crippen molar-refractivity contribution in [3.63, 3.8) is 0 Å². The minimum Gasteiger partial charge on any atom is -0.459 e. The number of piperazine rings is 1. The van der Waals surface area contributed by atoms with Gasteiger partial charge in [-0.25, -0.2) is 8.42 Å². The highest BCUT2D eigenvalue weighted by Gasteiger charge is 2.37. The van der Waals surface area contributed by atoms with Crippen LogP contribution in [0.2, 0.25) is 0 Å². The van der Waals surface area contributed by atoms with Gasteiger partial charge in [-0.05, 0) is 24.3 Å². The highest BCUT2D eigenvalue weighted by Crippen LogP contribution is 2.33. The van der Waals surface area contributed by atoms with Gasteiger partial charge in [-0.3, -0.25) is 4.79 Å². The van der Waals surface area contributed by atoms with Gasteiger partial charge in [0.15, 0.2) is 11.5 Å². The number of halogens is 3. The van der Waals surface area contributed by atoms with Crippen LogP contribution in [-0.4, -0.2) is 54.9 Å². The summed E-state index contributed by atoms with van der Waals surface area (Å²) in [6, 6.07) is 6.04. The Hall–Kier alpha value is -3.06. The highest BCUT2D eigenvalue weighted by molar-refractivity contribution is 7.89. The normalized spacial score (nSPS) is 16.2. The lowest BCUT2D eigenvalue weighted by Crippen LogP contribution is -2.50. The Morgan fingerprint density at radius 3 is 2.43 bits per heavy atom. The van der Waals surface area contributed by atoms with Crippen molar-refractivity contribution in [3.05, 3.63) is 48.1 Å². The number of hydrogen-bond acceptors (Lipinski definition) is 7. The summed E-state index contributed by atoms with van der Waals surface area (Å²) in [7, 11) is -4.05. The number of aromatic nitrogens is 1. The number of sulfonamides is 1. The molecule has 0 spiro atoms. The maximum absolute atomic E-state index is 12.8. The monoisotopic (exact) mass is 445 g/mol. The van der Waals surface area contributed by atoms with Crippen molar-refractivity contribution in [2.75, 3.05) is 26.2 Å². The van der Waals surface area contributed by atoms with Crippen molar-refractivity contribution in [1.82, 2.24) is 14.4 Å². The fourth-order valence-electron chi connectivity index (χ4n) is 2.94. The quantitative estimate of drug-likeness (QED) is 0.607. The van der Waals surface area contributed by atoms with Crippen molar-refractivity contribution < 1.29 is 39.7 Å². The molecule has 4 rings (SSSR count). The van der Waals surface area contributed by atoms with Gasteiger partial charge in [0.2, 0.25) is 10.9 Å². The van der Waals surface area contributed by atoms with Gasteiger partial charge in [0.05, 0.1) is 6.26 Å². The van der Waals surface area contributed by atoms with Crippen molar-refractivity contribution in [3.8, 4) is 11.5 Å². The van der Waals surface area contributed by atoms with Crippen LogP contribution < -0.4 is 0 Å². The van der Waals surface area contributed by atoms with Gasteiger partial charge in [0, 0.05) is 32.2 Å². The number of alkyl halides is 3. The van der Waals surface area contributed by atoms with E-state index >= 15 is 0 Å². The number of amides is 1. The summed E-state index contributed by atoms with van der Waals surface area (Å²) >= 11 is 0. The highest BCUT2D eigenvalue weighted by atomic mass is 32.2. The zero-order chi connectivity index (χ0) is 21.5. The van der Waals surface area contributed by atoms with Crippen LogP contribution in [0, 0.1) is 0 Å². The van der Waals surface area contributed by atoms with E-state index in [1.807, 2.05) is 0 Å². The molecule has 3 aromatic rings. The molecule has 3 aromatic heterocycles. The van der Waals surface area contributed by atoms with E-state index in [-0.39, 0.29) is 49.3 Å². The Kier molecular flexibility index (Phi) is 4.94. The molecule has 0 aromatic carbocycles. The zero-order valence-electron chi connectivity index (χ0n) is 15.1. The first-order valence-electron chi connectivity index (χ1n) is 8.63. The molecule has 0 atom stereocenters. The molecule has 1 aliphatic rings. The van der Waals surface area contributed by atoms with Crippen LogP contribution in [0.3, 0.4) is 0 Å². The predicted molar refractivity (Wildman–Crippen MR) is 92.6 cm³/mol. The number of hydrogen-bond donors (Lipinski definition) is 0. The molecule has 0 aliphatic carbocycles. The average molecular weight is 445 g/mol. The molecule has 0 unspecified atom stereocenters. The van der Waals surface area contributed by atoms with Crippen LogP contribution in [0.1, 0.15) is 16.3 Å². The smallest absolute Gasteiger partial charge is 0.452 e.